The highest BCUT2D eigenvalue weighted by molar-refractivity contribution is 7.89. The first-order valence-electron chi connectivity index (χ1n) is 8.96. The molecule has 0 aliphatic carbocycles. The number of sulfonamides is 1. The molecule has 0 aromatic heterocycles. The molecule has 28 heavy (non-hydrogen) atoms. The second-order valence-electron chi connectivity index (χ2n) is 6.44. The quantitative estimate of drug-likeness (QED) is 0.557. The van der Waals surface area contributed by atoms with Crippen LogP contribution in [-0.4, -0.2) is 33.3 Å². The maximum atomic E-state index is 12.2. The summed E-state index contributed by atoms with van der Waals surface area (Å²) in [4.78, 5) is 23.0. The van der Waals surface area contributed by atoms with Crippen molar-refractivity contribution in [1.29, 1.82) is 0 Å². The van der Waals surface area contributed by atoms with Crippen LogP contribution in [0, 0.1) is 6.92 Å². The largest absolute Gasteiger partial charge is 0.355 e. The number of carbonyl (C=O) groups excluding carboxylic acids is 2. The van der Waals surface area contributed by atoms with Crippen molar-refractivity contribution >= 4 is 27.5 Å². The van der Waals surface area contributed by atoms with E-state index in [1.807, 2.05) is 31.2 Å². The number of nitrogens with one attached hydrogen (secondary N) is 3. The molecule has 150 valence electrons. The lowest BCUT2D eigenvalue weighted by Crippen LogP contribution is -2.34. The molecule has 0 saturated carbocycles. The van der Waals surface area contributed by atoms with Gasteiger partial charge in [-0.3, -0.25) is 9.59 Å². The number of aryl methyl sites for hydroxylation is 2. The lowest BCUT2D eigenvalue weighted by Gasteiger charge is -2.09. The van der Waals surface area contributed by atoms with Crippen molar-refractivity contribution in [3.05, 3.63) is 59.7 Å². The Morgan fingerprint density at radius 1 is 0.929 bits per heavy atom. The minimum absolute atomic E-state index is 0.0893. The lowest BCUT2D eigenvalue weighted by molar-refractivity contribution is -0.121. The summed E-state index contributed by atoms with van der Waals surface area (Å²) in [5.74, 6) is -0.355. The molecule has 0 heterocycles. The number of hydrogen-bond acceptors (Lipinski definition) is 4. The number of carbonyl (C=O) groups is 2. The Morgan fingerprint density at radius 3 is 2.18 bits per heavy atom. The maximum Gasteiger partial charge on any atom is 0.240 e. The van der Waals surface area contributed by atoms with Crippen LogP contribution in [-0.2, 0) is 26.0 Å². The molecule has 0 atom stereocenters. The molecule has 3 N–H and O–H groups in total. The van der Waals surface area contributed by atoms with Crippen molar-refractivity contribution in [1.82, 2.24) is 10.0 Å². The van der Waals surface area contributed by atoms with E-state index in [1.54, 1.807) is 0 Å². The van der Waals surface area contributed by atoms with Gasteiger partial charge in [0.05, 0.1) is 4.90 Å². The van der Waals surface area contributed by atoms with Gasteiger partial charge in [0.15, 0.2) is 0 Å². The molecule has 7 nitrogen and oxygen atoms in total. The standard InChI is InChI=1S/C20H25N3O4S/c1-15-3-5-17(6-4-15)7-12-20(25)21-13-14-22-28(26,27)19-10-8-18(9-11-19)23-16(2)24/h3-6,8-11,22H,7,12-14H2,1-2H3,(H,21,25)(H,23,24). The maximum absolute atomic E-state index is 12.2. The van der Waals surface area contributed by atoms with E-state index >= 15 is 0 Å². The Balaban J connectivity index is 1.73. The van der Waals surface area contributed by atoms with Gasteiger partial charge in [-0.15, -0.1) is 0 Å². The highest BCUT2D eigenvalue weighted by atomic mass is 32.2. The van der Waals surface area contributed by atoms with E-state index in [2.05, 4.69) is 15.4 Å². The molecular formula is C20H25N3O4S. The Kier molecular flexibility index (Phi) is 7.71. The van der Waals surface area contributed by atoms with E-state index < -0.39 is 10.0 Å². The summed E-state index contributed by atoms with van der Waals surface area (Å²) in [5.41, 5.74) is 2.78. The van der Waals surface area contributed by atoms with Crippen molar-refractivity contribution in [2.24, 2.45) is 0 Å². The molecule has 8 heteroatoms. The highest BCUT2D eigenvalue weighted by Crippen LogP contribution is 2.13. The van der Waals surface area contributed by atoms with Crippen molar-refractivity contribution < 1.29 is 18.0 Å². The van der Waals surface area contributed by atoms with Gasteiger partial charge in [-0.25, -0.2) is 13.1 Å². The third kappa shape index (κ3) is 7.13. The van der Waals surface area contributed by atoms with E-state index in [9.17, 15) is 18.0 Å². The fourth-order valence-electron chi connectivity index (χ4n) is 2.49. The third-order valence-electron chi connectivity index (χ3n) is 3.99. The third-order valence-corrected chi connectivity index (χ3v) is 5.46. The topological polar surface area (TPSA) is 104 Å². The Bertz CT molecular complexity index is 907. The van der Waals surface area contributed by atoms with Gasteiger partial charge < -0.3 is 10.6 Å². The fraction of sp³-hybridized carbons (Fsp3) is 0.300. The molecule has 0 aliphatic rings. The molecule has 0 saturated heterocycles. The van der Waals surface area contributed by atoms with E-state index in [4.69, 9.17) is 0 Å². The first-order chi connectivity index (χ1) is 13.3. The molecule has 0 radical (unpaired) electrons. The van der Waals surface area contributed by atoms with Crippen molar-refractivity contribution in [3.8, 4) is 0 Å². The minimum Gasteiger partial charge on any atom is -0.355 e. The van der Waals surface area contributed by atoms with Crippen LogP contribution >= 0.6 is 0 Å². The molecule has 0 fully saturated rings. The van der Waals surface area contributed by atoms with Crippen molar-refractivity contribution in [2.45, 2.75) is 31.6 Å². The summed E-state index contributed by atoms with van der Waals surface area (Å²) < 4.78 is 26.9. The van der Waals surface area contributed by atoms with Crippen LogP contribution in [0.2, 0.25) is 0 Å². The van der Waals surface area contributed by atoms with Gasteiger partial charge in [0.1, 0.15) is 0 Å². The van der Waals surface area contributed by atoms with E-state index in [0.29, 0.717) is 18.5 Å². The monoisotopic (exact) mass is 403 g/mol. The van der Waals surface area contributed by atoms with Crippen molar-refractivity contribution in [2.75, 3.05) is 18.4 Å². The predicted molar refractivity (Wildman–Crippen MR) is 108 cm³/mol. The summed E-state index contributed by atoms with van der Waals surface area (Å²) in [6.07, 6.45) is 0.985. The number of benzene rings is 2. The van der Waals surface area contributed by atoms with Crippen LogP contribution in [0.3, 0.4) is 0 Å². The van der Waals surface area contributed by atoms with Crippen LogP contribution in [0.1, 0.15) is 24.5 Å². The number of rotatable bonds is 9. The Labute approximate surface area is 165 Å². The van der Waals surface area contributed by atoms with Crippen LogP contribution in [0.15, 0.2) is 53.4 Å². The minimum atomic E-state index is -3.68. The molecule has 0 bridgehead atoms. The van der Waals surface area contributed by atoms with Crippen molar-refractivity contribution in [3.63, 3.8) is 0 Å². The average molecular weight is 404 g/mol. The second kappa shape index (κ2) is 10.0. The fourth-order valence-corrected chi connectivity index (χ4v) is 3.52. The van der Waals surface area contributed by atoms with Gasteiger partial charge in [-0.2, -0.15) is 0 Å². The zero-order chi connectivity index (χ0) is 20.6. The second-order valence-corrected chi connectivity index (χ2v) is 8.21. The van der Waals surface area contributed by atoms with Crippen LogP contribution < -0.4 is 15.4 Å². The molecule has 2 aromatic carbocycles. The molecule has 0 aliphatic heterocycles. The molecule has 0 unspecified atom stereocenters. The summed E-state index contributed by atoms with van der Waals surface area (Å²) in [7, 11) is -3.68. The van der Waals surface area contributed by atoms with Gasteiger partial charge >= 0.3 is 0 Å². The van der Waals surface area contributed by atoms with E-state index in [0.717, 1.165) is 5.56 Å². The Morgan fingerprint density at radius 2 is 1.57 bits per heavy atom. The Hall–Kier alpha value is -2.71. The first-order valence-corrected chi connectivity index (χ1v) is 10.4. The van der Waals surface area contributed by atoms with Gasteiger partial charge in [-0.1, -0.05) is 29.8 Å². The summed E-state index contributed by atoms with van der Waals surface area (Å²) >= 11 is 0. The van der Waals surface area contributed by atoms with E-state index in [1.165, 1.54) is 36.8 Å². The zero-order valence-electron chi connectivity index (χ0n) is 16.0. The lowest BCUT2D eigenvalue weighted by atomic mass is 10.1. The normalized spacial score (nSPS) is 11.1. The summed E-state index contributed by atoms with van der Waals surface area (Å²) in [6, 6.07) is 13.9. The average Bonchev–Trinajstić information content (AvgIpc) is 2.65. The number of hydrogen-bond donors (Lipinski definition) is 3. The predicted octanol–water partition coefficient (Wildman–Crippen LogP) is 1.98. The van der Waals surface area contributed by atoms with Gasteiger partial charge in [0.2, 0.25) is 21.8 Å². The van der Waals surface area contributed by atoms with Crippen LogP contribution in [0.25, 0.3) is 0 Å². The van der Waals surface area contributed by atoms with Gasteiger partial charge in [-0.05, 0) is 43.2 Å². The van der Waals surface area contributed by atoms with Crippen LogP contribution in [0.4, 0.5) is 5.69 Å². The number of anilines is 1. The molecule has 0 spiro atoms. The van der Waals surface area contributed by atoms with Crippen LogP contribution in [0.5, 0.6) is 0 Å². The number of amides is 2. The molecular weight excluding hydrogens is 378 g/mol. The SMILES string of the molecule is CC(=O)Nc1ccc(S(=O)(=O)NCCNC(=O)CCc2ccc(C)cc2)cc1. The molecule has 2 aromatic rings. The highest BCUT2D eigenvalue weighted by Gasteiger charge is 2.13. The van der Waals surface area contributed by atoms with Gasteiger partial charge in [0, 0.05) is 32.1 Å². The zero-order valence-corrected chi connectivity index (χ0v) is 16.8. The summed E-state index contributed by atoms with van der Waals surface area (Å²) in [5, 5.41) is 5.28. The molecule has 2 amide bonds. The first kappa shape index (κ1) is 21.6. The van der Waals surface area contributed by atoms with E-state index in [-0.39, 0.29) is 29.8 Å². The van der Waals surface area contributed by atoms with Gasteiger partial charge in [0.25, 0.3) is 0 Å². The summed E-state index contributed by atoms with van der Waals surface area (Å²) in [6.45, 7) is 3.68. The smallest absolute Gasteiger partial charge is 0.240 e. The molecule has 2 rings (SSSR count).